The number of hydrogen-bond donors (Lipinski definition) is 2. The van der Waals surface area contributed by atoms with Gasteiger partial charge in [0.25, 0.3) is 11.6 Å². The van der Waals surface area contributed by atoms with Crippen LogP contribution in [0.5, 0.6) is 0 Å². The Bertz CT molecular complexity index is 535. The van der Waals surface area contributed by atoms with Gasteiger partial charge in [-0.15, -0.1) is 0 Å². The molecule has 1 amide bonds. The van der Waals surface area contributed by atoms with Crippen molar-refractivity contribution in [2.24, 2.45) is 5.92 Å². The summed E-state index contributed by atoms with van der Waals surface area (Å²) < 4.78 is 1.49. The van der Waals surface area contributed by atoms with Crippen LogP contribution < -0.4 is 5.32 Å². The quantitative estimate of drug-likeness (QED) is 0.605. The second kappa shape index (κ2) is 6.18. The number of rotatable bonds is 6. The highest BCUT2D eigenvalue weighted by molar-refractivity contribution is 5.93. The minimum Gasteiger partial charge on any atom is -0.481 e. The van der Waals surface area contributed by atoms with Gasteiger partial charge in [-0.2, -0.15) is 0 Å². The molecule has 0 spiro atoms. The van der Waals surface area contributed by atoms with Crippen LogP contribution in [0.3, 0.4) is 0 Å². The average molecular weight is 283 g/mol. The third kappa shape index (κ3) is 3.56. The normalized spacial score (nSPS) is 12.2. The van der Waals surface area contributed by atoms with Crippen LogP contribution in [0.4, 0.5) is 5.69 Å². The van der Waals surface area contributed by atoms with E-state index in [9.17, 15) is 19.7 Å². The molecule has 0 aliphatic heterocycles. The van der Waals surface area contributed by atoms with Crippen LogP contribution in [0.1, 0.15) is 37.3 Å². The molecule has 8 heteroatoms. The lowest BCUT2D eigenvalue weighted by Gasteiger charge is -2.13. The maximum atomic E-state index is 12.0. The van der Waals surface area contributed by atoms with Gasteiger partial charge in [-0.05, 0) is 13.8 Å². The average Bonchev–Trinajstić information content (AvgIpc) is 2.80. The molecular weight excluding hydrogens is 266 g/mol. The minimum absolute atomic E-state index is 0.0365. The van der Waals surface area contributed by atoms with E-state index in [1.807, 2.05) is 0 Å². The molecule has 0 aromatic carbocycles. The van der Waals surface area contributed by atoms with E-state index in [1.54, 1.807) is 13.8 Å². The van der Waals surface area contributed by atoms with Crippen LogP contribution in [0, 0.1) is 16.0 Å². The maximum Gasteiger partial charge on any atom is 0.308 e. The van der Waals surface area contributed by atoms with Crippen LogP contribution in [0.2, 0.25) is 0 Å². The molecule has 8 nitrogen and oxygen atoms in total. The zero-order valence-corrected chi connectivity index (χ0v) is 11.5. The molecule has 0 bridgehead atoms. The molecule has 1 atom stereocenters. The van der Waals surface area contributed by atoms with Gasteiger partial charge in [0.1, 0.15) is 5.69 Å². The number of nitrogens with zero attached hydrogens (tertiary/aromatic N) is 2. The molecule has 0 radical (unpaired) electrons. The summed E-state index contributed by atoms with van der Waals surface area (Å²) in [4.78, 5) is 32.8. The fourth-order valence-corrected chi connectivity index (χ4v) is 1.60. The summed E-state index contributed by atoms with van der Waals surface area (Å²) in [6.07, 6.45) is 1.29. The molecule has 1 aromatic heterocycles. The van der Waals surface area contributed by atoms with Gasteiger partial charge in [0.15, 0.2) is 0 Å². The van der Waals surface area contributed by atoms with Crippen molar-refractivity contribution < 1.29 is 19.6 Å². The van der Waals surface area contributed by atoms with Gasteiger partial charge in [-0.25, -0.2) is 0 Å². The monoisotopic (exact) mass is 283 g/mol. The standard InChI is InChI=1S/C12H17N3O5/c1-7(2)14-6-9(15(19)20)4-10(14)11(16)13-5-8(3)12(17)18/h4,6-8H,5H2,1-3H3,(H,13,16)(H,17,18). The van der Waals surface area contributed by atoms with E-state index in [0.717, 1.165) is 0 Å². The molecule has 20 heavy (non-hydrogen) atoms. The molecule has 0 fully saturated rings. The van der Waals surface area contributed by atoms with Crippen molar-refractivity contribution in [1.29, 1.82) is 0 Å². The summed E-state index contributed by atoms with van der Waals surface area (Å²) in [7, 11) is 0. The van der Waals surface area contributed by atoms with Gasteiger partial charge < -0.3 is 15.0 Å². The van der Waals surface area contributed by atoms with E-state index in [2.05, 4.69) is 5.32 Å². The van der Waals surface area contributed by atoms with Gasteiger partial charge >= 0.3 is 5.97 Å². The van der Waals surface area contributed by atoms with E-state index in [-0.39, 0.29) is 24.0 Å². The predicted molar refractivity (Wildman–Crippen MR) is 70.6 cm³/mol. The molecule has 0 aliphatic carbocycles. The smallest absolute Gasteiger partial charge is 0.308 e. The van der Waals surface area contributed by atoms with Gasteiger partial charge in [-0.1, -0.05) is 6.92 Å². The predicted octanol–water partition coefficient (Wildman–Crippen LogP) is 1.43. The lowest BCUT2D eigenvalue weighted by molar-refractivity contribution is -0.384. The number of carboxylic acid groups (broad SMARTS) is 1. The molecule has 0 saturated heterocycles. The van der Waals surface area contributed by atoms with Crippen molar-refractivity contribution in [2.45, 2.75) is 26.8 Å². The Morgan fingerprint density at radius 3 is 2.50 bits per heavy atom. The Morgan fingerprint density at radius 1 is 1.45 bits per heavy atom. The number of amides is 1. The zero-order chi connectivity index (χ0) is 15.4. The Balaban J connectivity index is 2.91. The first-order chi connectivity index (χ1) is 9.23. The first-order valence-electron chi connectivity index (χ1n) is 6.11. The van der Waals surface area contributed by atoms with E-state index in [0.29, 0.717) is 0 Å². The molecule has 1 heterocycles. The number of carbonyl (C=O) groups excluding carboxylic acids is 1. The van der Waals surface area contributed by atoms with Crippen molar-refractivity contribution in [3.8, 4) is 0 Å². The number of aliphatic carboxylic acids is 1. The van der Waals surface area contributed by atoms with Crippen molar-refractivity contribution >= 4 is 17.6 Å². The number of nitro groups is 1. The zero-order valence-electron chi connectivity index (χ0n) is 11.5. The van der Waals surface area contributed by atoms with E-state index >= 15 is 0 Å². The first kappa shape index (κ1) is 15.7. The van der Waals surface area contributed by atoms with Gasteiger partial charge in [-0.3, -0.25) is 19.7 Å². The van der Waals surface area contributed by atoms with Crippen LogP contribution >= 0.6 is 0 Å². The highest BCUT2D eigenvalue weighted by Crippen LogP contribution is 2.20. The number of aromatic nitrogens is 1. The molecule has 0 aliphatic rings. The fourth-order valence-electron chi connectivity index (χ4n) is 1.60. The molecule has 1 rings (SSSR count). The second-order valence-corrected chi connectivity index (χ2v) is 4.79. The Kier molecular flexibility index (Phi) is 4.84. The van der Waals surface area contributed by atoms with Gasteiger partial charge in [0, 0.05) is 18.7 Å². The Hall–Kier alpha value is -2.38. The van der Waals surface area contributed by atoms with Crippen molar-refractivity contribution in [2.75, 3.05) is 6.54 Å². The number of carbonyl (C=O) groups is 2. The minimum atomic E-state index is -1.02. The summed E-state index contributed by atoms with van der Waals surface area (Å²) in [5.41, 5.74) is -0.0283. The van der Waals surface area contributed by atoms with Crippen molar-refractivity contribution in [3.05, 3.63) is 28.1 Å². The molecule has 1 aromatic rings. The lowest BCUT2D eigenvalue weighted by Crippen LogP contribution is -2.32. The summed E-state index contributed by atoms with van der Waals surface area (Å²) in [6, 6.07) is 1.06. The van der Waals surface area contributed by atoms with E-state index in [1.165, 1.54) is 23.8 Å². The summed E-state index contributed by atoms with van der Waals surface area (Å²) >= 11 is 0. The third-order valence-corrected chi connectivity index (χ3v) is 2.82. The van der Waals surface area contributed by atoms with Gasteiger partial charge in [0.2, 0.25) is 0 Å². The lowest BCUT2D eigenvalue weighted by atomic mass is 10.2. The van der Waals surface area contributed by atoms with Crippen molar-refractivity contribution in [3.63, 3.8) is 0 Å². The molecule has 0 saturated carbocycles. The topological polar surface area (TPSA) is 114 Å². The molecule has 2 N–H and O–H groups in total. The third-order valence-electron chi connectivity index (χ3n) is 2.82. The number of hydrogen-bond acceptors (Lipinski definition) is 4. The molecule has 110 valence electrons. The van der Waals surface area contributed by atoms with Crippen LogP contribution in [0.15, 0.2) is 12.3 Å². The first-order valence-corrected chi connectivity index (χ1v) is 6.11. The Morgan fingerprint density at radius 2 is 2.05 bits per heavy atom. The van der Waals surface area contributed by atoms with Crippen molar-refractivity contribution in [1.82, 2.24) is 9.88 Å². The fraction of sp³-hybridized carbons (Fsp3) is 0.500. The summed E-state index contributed by atoms with van der Waals surface area (Å²) in [5.74, 6) is -2.27. The molecular formula is C12H17N3O5. The van der Waals surface area contributed by atoms with Crippen LogP contribution in [-0.2, 0) is 4.79 Å². The van der Waals surface area contributed by atoms with E-state index in [4.69, 9.17) is 5.11 Å². The highest BCUT2D eigenvalue weighted by atomic mass is 16.6. The highest BCUT2D eigenvalue weighted by Gasteiger charge is 2.21. The van der Waals surface area contributed by atoms with Crippen LogP contribution in [0.25, 0.3) is 0 Å². The van der Waals surface area contributed by atoms with Gasteiger partial charge in [0.05, 0.1) is 17.0 Å². The maximum absolute atomic E-state index is 12.0. The largest absolute Gasteiger partial charge is 0.481 e. The SMILES string of the molecule is CC(CNC(=O)c1cc([N+](=O)[O-])cn1C(C)C)C(=O)O. The van der Waals surface area contributed by atoms with Crippen LogP contribution in [-0.4, -0.2) is 33.0 Å². The molecule has 1 unspecified atom stereocenters. The summed E-state index contributed by atoms with van der Waals surface area (Å²) in [6.45, 7) is 5.01. The number of nitrogens with one attached hydrogen (secondary N) is 1. The number of carboxylic acids is 1. The Labute approximate surface area is 115 Å². The second-order valence-electron chi connectivity index (χ2n) is 4.79. The van der Waals surface area contributed by atoms with E-state index < -0.39 is 22.7 Å². The summed E-state index contributed by atoms with van der Waals surface area (Å²) in [5, 5.41) is 22.0.